The van der Waals surface area contributed by atoms with Crippen molar-refractivity contribution in [2.45, 2.75) is 6.55 Å². The predicted octanol–water partition coefficient (Wildman–Crippen LogP) is 1.54. The van der Waals surface area contributed by atoms with Crippen LogP contribution in [0.3, 0.4) is 0 Å². The molecule has 0 unspecified atom stereocenters. The first-order valence-electron chi connectivity index (χ1n) is 5.32. The van der Waals surface area contributed by atoms with Gasteiger partial charge in [-0.25, -0.2) is 0 Å². The molecule has 15 heavy (non-hydrogen) atoms. The van der Waals surface area contributed by atoms with Crippen molar-refractivity contribution in [1.82, 2.24) is 0 Å². The quantitative estimate of drug-likeness (QED) is 0.694. The van der Waals surface area contributed by atoms with Crippen molar-refractivity contribution >= 4 is 58.8 Å². The van der Waals surface area contributed by atoms with Crippen LogP contribution < -0.4 is 10.4 Å². The molecule has 2 rings (SSSR count). The maximum absolute atomic E-state index is 2.48. The third-order valence-electron chi connectivity index (χ3n) is 2.99. The number of hydrogen-bond acceptors (Lipinski definition) is 0. The molecule has 0 radical (unpaired) electrons. The fraction of sp³-hybridized carbons (Fsp3) is 0.0769. The third kappa shape index (κ3) is 2.70. The van der Waals surface area contributed by atoms with Crippen LogP contribution >= 0.6 is 0 Å². The van der Waals surface area contributed by atoms with Crippen molar-refractivity contribution in [3.8, 4) is 0 Å². The molecule has 0 heterocycles. The molecule has 0 aliphatic carbocycles. The summed E-state index contributed by atoms with van der Waals surface area (Å²) in [5.41, 5.74) is 0. The fourth-order valence-corrected chi connectivity index (χ4v) is 7.38. The van der Waals surface area contributed by atoms with Crippen molar-refractivity contribution in [2.24, 2.45) is 0 Å². The van der Waals surface area contributed by atoms with Crippen molar-refractivity contribution < 1.29 is 0 Å². The van der Waals surface area contributed by atoms with Crippen LogP contribution in [0.2, 0.25) is 6.55 Å². The van der Waals surface area contributed by atoms with E-state index in [-0.39, 0.29) is 0 Å². The van der Waals surface area contributed by atoms with Crippen LogP contribution in [0.4, 0.5) is 0 Å². The molecule has 0 saturated carbocycles. The monoisotopic (exact) mass is 236 g/mol. The van der Waals surface area contributed by atoms with Gasteiger partial charge in [-0.1, -0.05) is 0 Å². The van der Waals surface area contributed by atoms with Crippen LogP contribution in [0.15, 0.2) is 60.7 Å². The summed E-state index contributed by atoms with van der Waals surface area (Å²) in [6, 6.07) is 22.0. The molecule has 0 saturated heterocycles. The van der Waals surface area contributed by atoms with E-state index in [1.807, 2.05) is 0 Å². The van der Waals surface area contributed by atoms with Gasteiger partial charge in [-0.15, -0.1) is 0 Å². The topological polar surface area (TPSA) is 0 Å². The summed E-state index contributed by atoms with van der Waals surface area (Å²) in [5.74, 6) is 0. The van der Waals surface area contributed by atoms with E-state index in [1.54, 1.807) is 10.4 Å². The molecule has 0 aliphatic rings. The van der Waals surface area contributed by atoms with Gasteiger partial charge in [-0.3, -0.25) is 0 Å². The van der Waals surface area contributed by atoms with Crippen LogP contribution in [-0.2, 0) is 0 Å². The van der Waals surface area contributed by atoms with E-state index in [0.29, 0.717) is 0 Å². The molecule has 0 amide bonds. The summed E-state index contributed by atoms with van der Waals surface area (Å²) in [4.78, 5) is 0. The van der Waals surface area contributed by atoms with Crippen LogP contribution in [0, 0.1) is 0 Å². The molecule has 2 aromatic carbocycles. The Morgan fingerprint density at radius 1 is 0.733 bits per heavy atom. The molecule has 70 valence electrons. The van der Waals surface area contributed by atoms with E-state index in [4.69, 9.17) is 0 Å². The van der Waals surface area contributed by atoms with Crippen molar-refractivity contribution in [3.05, 3.63) is 60.7 Å². The standard InChI is InChI=1S/C13H13Si.K/c1-14(12-8-4-2-5-9-12)13-10-6-3-7-11-13;/h2-11H,1H3;. The van der Waals surface area contributed by atoms with Gasteiger partial charge in [0.15, 0.2) is 0 Å². The average Bonchev–Trinajstić information content (AvgIpc) is 2.31. The first-order valence-corrected chi connectivity index (χ1v) is 13.0. The molecular formula is C13H13KSi. The molecule has 0 atom stereocenters. The Morgan fingerprint density at radius 3 is 1.40 bits per heavy atom. The molecular weight excluding hydrogens is 223 g/mol. The van der Waals surface area contributed by atoms with Gasteiger partial charge in [0.1, 0.15) is 0 Å². The zero-order chi connectivity index (χ0) is 10.7. The second-order valence-corrected chi connectivity index (χ2v) is 18.1. The Morgan fingerprint density at radius 2 is 1.07 bits per heavy atom. The number of benzene rings is 2. The minimum atomic E-state index is -1.27. The van der Waals surface area contributed by atoms with Gasteiger partial charge in [0.25, 0.3) is 0 Å². The van der Waals surface area contributed by atoms with Gasteiger partial charge in [0, 0.05) is 0 Å². The van der Waals surface area contributed by atoms with Crippen LogP contribution in [0.1, 0.15) is 0 Å². The second-order valence-electron chi connectivity index (χ2n) is 4.36. The van der Waals surface area contributed by atoms with Gasteiger partial charge in [0.2, 0.25) is 0 Å². The minimum absolute atomic E-state index is 0.864. The van der Waals surface area contributed by atoms with Crippen molar-refractivity contribution in [3.63, 3.8) is 0 Å². The zero-order valence-corrected chi connectivity index (χ0v) is 13.4. The Balaban J connectivity index is 2.44. The summed E-state index contributed by atoms with van der Waals surface area (Å²) in [7, 11) is 0. The molecule has 0 aromatic heterocycles. The summed E-state index contributed by atoms with van der Waals surface area (Å²) < 4.78 is -1.27. The predicted molar refractivity (Wildman–Crippen MR) is 69.5 cm³/mol. The van der Waals surface area contributed by atoms with Gasteiger partial charge < -0.3 is 0 Å². The SMILES string of the molecule is C[Si]([K])(c1ccccc1)c1ccccc1. The van der Waals surface area contributed by atoms with E-state index in [1.165, 1.54) is 0 Å². The van der Waals surface area contributed by atoms with Gasteiger partial charge in [-0.05, 0) is 0 Å². The van der Waals surface area contributed by atoms with Gasteiger partial charge >= 0.3 is 126 Å². The molecule has 2 aromatic rings. The summed E-state index contributed by atoms with van der Waals surface area (Å²) in [5, 5.41) is 3.16. The molecule has 0 aliphatic heterocycles. The Hall–Kier alpha value is 0.293. The first-order chi connectivity index (χ1) is 7.21. The van der Waals surface area contributed by atoms with E-state index >= 15 is 0 Å². The average molecular weight is 236 g/mol. The maximum atomic E-state index is 2.48. The Kier molecular flexibility index (Phi) is 3.99. The fourth-order valence-electron chi connectivity index (χ4n) is 1.88. The normalized spacial score (nSPS) is 11.4. The molecule has 0 nitrogen and oxygen atoms in total. The molecule has 0 bridgehead atoms. The van der Waals surface area contributed by atoms with Gasteiger partial charge in [-0.2, -0.15) is 0 Å². The van der Waals surface area contributed by atoms with E-state index in [2.05, 4.69) is 67.2 Å². The van der Waals surface area contributed by atoms with Crippen molar-refractivity contribution in [2.75, 3.05) is 0 Å². The van der Waals surface area contributed by atoms with Gasteiger partial charge in [0.05, 0.1) is 0 Å². The summed E-state index contributed by atoms with van der Waals surface area (Å²) >= 11 is 0.864. The van der Waals surface area contributed by atoms with Crippen LogP contribution in [0.25, 0.3) is 0 Å². The van der Waals surface area contributed by atoms with Crippen LogP contribution in [-0.4, -0.2) is 48.4 Å². The van der Waals surface area contributed by atoms with E-state index in [9.17, 15) is 0 Å². The number of rotatable bonds is 2. The third-order valence-corrected chi connectivity index (χ3v) is 12.0. The second kappa shape index (κ2) is 5.08. The molecule has 2 heteroatoms. The zero-order valence-electron chi connectivity index (χ0n) is 9.27. The molecule has 0 N–H and O–H groups in total. The summed E-state index contributed by atoms with van der Waals surface area (Å²) in [6.45, 7) is 2.48. The Labute approximate surface area is 124 Å². The van der Waals surface area contributed by atoms with E-state index < -0.39 is 0.755 Å². The first kappa shape index (κ1) is 11.8. The van der Waals surface area contributed by atoms with E-state index in [0.717, 1.165) is 47.7 Å². The Bertz CT molecular complexity index is 381. The van der Waals surface area contributed by atoms with Crippen LogP contribution in [0.5, 0.6) is 0 Å². The number of hydrogen-bond donors (Lipinski definition) is 0. The van der Waals surface area contributed by atoms with Crippen molar-refractivity contribution in [1.29, 1.82) is 0 Å². The molecule has 0 spiro atoms. The summed E-state index contributed by atoms with van der Waals surface area (Å²) in [6.07, 6.45) is 0. The molecule has 0 fully saturated rings.